The van der Waals surface area contributed by atoms with Crippen molar-refractivity contribution in [3.63, 3.8) is 0 Å². The molecule has 8 heteroatoms. The number of aromatic nitrogens is 2. The quantitative estimate of drug-likeness (QED) is 0.364. The van der Waals surface area contributed by atoms with E-state index in [0.29, 0.717) is 16.5 Å². The number of amides is 1. The highest BCUT2D eigenvalue weighted by Crippen LogP contribution is 2.29. The van der Waals surface area contributed by atoms with Crippen molar-refractivity contribution < 1.29 is 4.79 Å². The summed E-state index contributed by atoms with van der Waals surface area (Å²) in [6.45, 7) is 0. The molecule has 0 saturated carbocycles. The van der Waals surface area contributed by atoms with Crippen LogP contribution in [0.25, 0.3) is 10.4 Å². The van der Waals surface area contributed by atoms with E-state index >= 15 is 0 Å². The lowest BCUT2D eigenvalue weighted by Gasteiger charge is -2.05. The van der Waals surface area contributed by atoms with Crippen LogP contribution in [0.3, 0.4) is 0 Å². The molecule has 4 N–H and O–H groups in total. The number of carbonyl (C=O) groups excluding carboxylic acids is 1. The van der Waals surface area contributed by atoms with Crippen molar-refractivity contribution in [3.05, 3.63) is 82.2 Å². The Kier molecular flexibility index (Phi) is 5.41. The Morgan fingerprint density at radius 2 is 2.03 bits per heavy atom. The molecule has 2 aromatic carbocycles. The van der Waals surface area contributed by atoms with Gasteiger partial charge >= 0.3 is 0 Å². The zero-order valence-electron chi connectivity index (χ0n) is 15.1. The Morgan fingerprint density at radius 1 is 1.17 bits per heavy atom. The second-order valence-corrected chi connectivity index (χ2v) is 7.50. The monoisotopic (exact) mass is 421 g/mol. The average Bonchev–Trinajstić information content (AvgIpc) is 3.37. The molecule has 0 aliphatic carbocycles. The van der Waals surface area contributed by atoms with Crippen LogP contribution in [-0.2, 0) is 0 Å². The van der Waals surface area contributed by atoms with Crippen molar-refractivity contribution in [2.24, 2.45) is 10.7 Å². The molecule has 2 heterocycles. The first-order valence-corrected chi connectivity index (χ1v) is 9.95. The topological polar surface area (TPSA) is 96.2 Å². The van der Waals surface area contributed by atoms with Gasteiger partial charge in [0.2, 0.25) is 0 Å². The third-order valence-corrected chi connectivity index (χ3v) is 5.30. The molecule has 0 aliphatic rings. The molecular formula is C21H16ClN5OS. The summed E-state index contributed by atoms with van der Waals surface area (Å²) in [6.07, 6.45) is 1.68. The number of hydrogen-bond donors (Lipinski definition) is 3. The molecule has 4 aromatic rings. The molecule has 0 bridgehead atoms. The molecule has 0 fully saturated rings. The van der Waals surface area contributed by atoms with E-state index in [1.807, 2.05) is 47.8 Å². The van der Waals surface area contributed by atoms with Crippen LogP contribution in [0.4, 0.5) is 17.3 Å². The van der Waals surface area contributed by atoms with Crippen LogP contribution in [0.2, 0.25) is 5.02 Å². The molecular weight excluding hydrogens is 406 g/mol. The third kappa shape index (κ3) is 4.21. The van der Waals surface area contributed by atoms with Gasteiger partial charge in [0.05, 0.1) is 0 Å². The van der Waals surface area contributed by atoms with Gasteiger partial charge < -0.3 is 11.1 Å². The van der Waals surface area contributed by atoms with E-state index in [4.69, 9.17) is 17.3 Å². The molecule has 0 aliphatic heterocycles. The van der Waals surface area contributed by atoms with Crippen molar-refractivity contribution in [1.82, 2.24) is 10.2 Å². The minimum atomic E-state index is -0.637. The standard InChI is InChI=1S/C21H16ClN5OS/c22-14-6-3-7-15(11-14)25-21-18(19(23)28)20(26-27-21)24-12-13-5-1-2-8-16(13)17-9-4-10-29-17/h1-12H,(H2,23,28)(H2,25,26,27). The maximum Gasteiger partial charge on any atom is 0.256 e. The lowest BCUT2D eigenvalue weighted by molar-refractivity contribution is 0.100. The number of thiophene rings is 1. The molecule has 0 atom stereocenters. The Bertz CT molecular complexity index is 1180. The van der Waals surface area contributed by atoms with Crippen LogP contribution >= 0.6 is 22.9 Å². The normalized spacial score (nSPS) is 11.1. The fourth-order valence-corrected chi connectivity index (χ4v) is 3.82. The van der Waals surface area contributed by atoms with Gasteiger partial charge in [-0.2, -0.15) is 5.10 Å². The molecule has 0 saturated heterocycles. The van der Waals surface area contributed by atoms with Crippen molar-refractivity contribution >= 4 is 52.4 Å². The number of halogens is 1. The van der Waals surface area contributed by atoms with Gasteiger partial charge in [-0.3, -0.25) is 9.89 Å². The van der Waals surface area contributed by atoms with Crippen LogP contribution in [0.1, 0.15) is 15.9 Å². The number of nitrogens with zero attached hydrogens (tertiary/aromatic N) is 2. The van der Waals surface area contributed by atoms with Crippen molar-refractivity contribution in [2.45, 2.75) is 0 Å². The summed E-state index contributed by atoms with van der Waals surface area (Å²) in [5, 5.41) is 12.6. The second-order valence-electron chi connectivity index (χ2n) is 6.12. The summed E-state index contributed by atoms with van der Waals surface area (Å²) in [5.74, 6) is -0.0663. The van der Waals surface area contributed by atoms with Crippen LogP contribution < -0.4 is 11.1 Å². The number of benzene rings is 2. The number of anilines is 2. The van der Waals surface area contributed by atoms with Gasteiger partial charge in [0.25, 0.3) is 5.91 Å². The molecule has 1 amide bonds. The number of primary amides is 1. The molecule has 2 aromatic heterocycles. The van der Waals surface area contributed by atoms with E-state index in [-0.39, 0.29) is 11.4 Å². The first-order chi connectivity index (χ1) is 14.1. The van der Waals surface area contributed by atoms with E-state index in [1.54, 1.807) is 35.8 Å². The summed E-state index contributed by atoms with van der Waals surface area (Å²) < 4.78 is 0. The van der Waals surface area contributed by atoms with Gasteiger partial charge in [-0.1, -0.05) is 48.0 Å². The van der Waals surface area contributed by atoms with Crippen LogP contribution in [0.15, 0.2) is 71.0 Å². The SMILES string of the molecule is NC(=O)c1c(N=Cc2ccccc2-c2cccs2)n[nH]c1Nc1cccc(Cl)c1. The minimum absolute atomic E-state index is 0.176. The fraction of sp³-hybridized carbons (Fsp3) is 0. The van der Waals surface area contributed by atoms with Crippen molar-refractivity contribution in [3.8, 4) is 10.4 Å². The molecule has 0 spiro atoms. The Balaban J connectivity index is 1.67. The van der Waals surface area contributed by atoms with Crippen molar-refractivity contribution in [2.75, 3.05) is 5.32 Å². The van der Waals surface area contributed by atoms with Gasteiger partial charge in [0.15, 0.2) is 5.82 Å². The summed E-state index contributed by atoms with van der Waals surface area (Å²) in [4.78, 5) is 17.6. The van der Waals surface area contributed by atoms with Gasteiger partial charge in [-0.25, -0.2) is 4.99 Å². The summed E-state index contributed by atoms with van der Waals surface area (Å²) in [7, 11) is 0. The number of nitrogens with one attached hydrogen (secondary N) is 2. The Morgan fingerprint density at radius 3 is 2.79 bits per heavy atom. The highest BCUT2D eigenvalue weighted by atomic mass is 35.5. The number of hydrogen-bond acceptors (Lipinski definition) is 5. The second kappa shape index (κ2) is 8.30. The number of carbonyl (C=O) groups is 1. The average molecular weight is 422 g/mol. The summed E-state index contributed by atoms with van der Waals surface area (Å²) >= 11 is 7.66. The third-order valence-electron chi connectivity index (χ3n) is 4.16. The van der Waals surface area contributed by atoms with Gasteiger partial charge in [-0.15, -0.1) is 11.3 Å². The first-order valence-electron chi connectivity index (χ1n) is 8.69. The van der Waals surface area contributed by atoms with Gasteiger partial charge in [-0.05, 0) is 29.6 Å². The maximum absolute atomic E-state index is 12.0. The van der Waals surface area contributed by atoms with E-state index in [2.05, 4.69) is 20.5 Å². The van der Waals surface area contributed by atoms with E-state index in [0.717, 1.165) is 16.0 Å². The molecule has 29 heavy (non-hydrogen) atoms. The van der Waals surface area contributed by atoms with Crippen LogP contribution in [-0.4, -0.2) is 22.3 Å². The van der Waals surface area contributed by atoms with Crippen LogP contribution in [0.5, 0.6) is 0 Å². The van der Waals surface area contributed by atoms with Gasteiger partial charge in [0.1, 0.15) is 11.4 Å². The van der Waals surface area contributed by atoms with Crippen LogP contribution in [0, 0.1) is 0 Å². The predicted octanol–water partition coefficient (Wildman–Crippen LogP) is 5.38. The number of aromatic amines is 1. The number of H-pyrrole nitrogens is 1. The zero-order chi connectivity index (χ0) is 20.2. The zero-order valence-corrected chi connectivity index (χ0v) is 16.7. The Hall–Kier alpha value is -3.42. The Labute approximate surface area is 176 Å². The predicted molar refractivity (Wildman–Crippen MR) is 119 cm³/mol. The minimum Gasteiger partial charge on any atom is -0.365 e. The van der Waals surface area contributed by atoms with E-state index < -0.39 is 5.91 Å². The number of nitrogens with two attached hydrogens (primary N) is 1. The lowest BCUT2D eigenvalue weighted by atomic mass is 10.1. The van der Waals surface area contributed by atoms with Gasteiger partial charge in [0, 0.05) is 32.9 Å². The first kappa shape index (κ1) is 18.9. The summed E-state index contributed by atoms with van der Waals surface area (Å²) in [5.41, 5.74) is 8.42. The maximum atomic E-state index is 12.0. The lowest BCUT2D eigenvalue weighted by Crippen LogP contribution is -2.12. The molecule has 0 unspecified atom stereocenters. The number of aliphatic imine (C=N–C) groups is 1. The highest BCUT2D eigenvalue weighted by molar-refractivity contribution is 7.13. The summed E-state index contributed by atoms with van der Waals surface area (Å²) in [6, 6.07) is 19.0. The molecule has 6 nitrogen and oxygen atoms in total. The number of rotatable bonds is 6. The molecule has 0 radical (unpaired) electrons. The molecule has 4 rings (SSSR count). The largest absolute Gasteiger partial charge is 0.365 e. The van der Waals surface area contributed by atoms with E-state index in [9.17, 15) is 4.79 Å². The molecule has 144 valence electrons. The van der Waals surface area contributed by atoms with E-state index in [1.165, 1.54) is 0 Å². The fourth-order valence-electron chi connectivity index (χ4n) is 2.86. The highest BCUT2D eigenvalue weighted by Gasteiger charge is 2.18. The van der Waals surface area contributed by atoms with Crippen molar-refractivity contribution in [1.29, 1.82) is 0 Å². The smallest absolute Gasteiger partial charge is 0.256 e.